The zero-order valence-electron chi connectivity index (χ0n) is 23.2. The molecule has 212 valence electrons. The van der Waals surface area contributed by atoms with Crippen molar-refractivity contribution >= 4 is 5.91 Å². The maximum Gasteiger partial charge on any atom is 0.440 e. The fourth-order valence-corrected chi connectivity index (χ4v) is 5.50. The maximum atomic E-state index is 13.5. The molecular formula is C33H30N4O5. The average molecular weight is 563 g/mol. The number of aromatic nitrogens is 3. The molecule has 0 aliphatic carbocycles. The third-order valence-electron chi connectivity index (χ3n) is 7.60. The second kappa shape index (κ2) is 11.7. The molecule has 6 rings (SSSR count). The van der Waals surface area contributed by atoms with Crippen molar-refractivity contribution in [2.24, 2.45) is 0 Å². The largest absolute Gasteiger partial charge is 0.489 e. The number of hydrogen-bond donors (Lipinski definition) is 1. The van der Waals surface area contributed by atoms with E-state index in [2.05, 4.69) is 22.1 Å². The molecule has 0 radical (unpaired) electrons. The Kier molecular flexibility index (Phi) is 7.55. The van der Waals surface area contributed by atoms with Crippen LogP contribution in [0.15, 0.2) is 105 Å². The molecule has 9 nitrogen and oxygen atoms in total. The Hall–Kier alpha value is -5.18. The first-order valence-electron chi connectivity index (χ1n) is 13.9. The van der Waals surface area contributed by atoms with Crippen LogP contribution in [0.1, 0.15) is 51.5 Å². The molecule has 3 aromatic carbocycles. The second-order valence-corrected chi connectivity index (χ2v) is 10.4. The van der Waals surface area contributed by atoms with Gasteiger partial charge in [0.2, 0.25) is 0 Å². The van der Waals surface area contributed by atoms with Crippen molar-refractivity contribution in [3.05, 3.63) is 140 Å². The highest BCUT2D eigenvalue weighted by Gasteiger charge is 2.30. The molecule has 2 aromatic heterocycles. The number of carbonyl (C=O) groups excluding carboxylic acids is 1. The SMILES string of the molecule is Cc1cc(C(=O)N2CCCC2c2ccncc2)ccc1-c1cccc(COc2ccc(Cn3oc(=O)[nH]c3=O)cc2)c1. The minimum atomic E-state index is -0.779. The first-order chi connectivity index (χ1) is 20.4. The Bertz CT molecular complexity index is 1820. The van der Waals surface area contributed by atoms with Gasteiger partial charge in [0.1, 0.15) is 12.4 Å². The van der Waals surface area contributed by atoms with Crippen LogP contribution < -0.4 is 16.2 Å². The average Bonchev–Trinajstić information content (AvgIpc) is 3.62. The summed E-state index contributed by atoms with van der Waals surface area (Å²) in [5, 5.41) is 0. The summed E-state index contributed by atoms with van der Waals surface area (Å²) in [7, 11) is 0. The molecular weight excluding hydrogens is 532 g/mol. The summed E-state index contributed by atoms with van der Waals surface area (Å²) in [5.74, 6) is -0.0427. The van der Waals surface area contributed by atoms with Gasteiger partial charge in [-0.3, -0.25) is 9.78 Å². The molecule has 1 amide bonds. The lowest BCUT2D eigenvalue weighted by Crippen LogP contribution is -2.30. The fraction of sp³-hybridized carbons (Fsp3) is 0.212. The minimum Gasteiger partial charge on any atom is -0.489 e. The van der Waals surface area contributed by atoms with Gasteiger partial charge in [-0.2, -0.15) is 0 Å². The molecule has 3 heterocycles. The molecule has 1 fully saturated rings. The number of hydrogen-bond acceptors (Lipinski definition) is 6. The van der Waals surface area contributed by atoms with E-state index < -0.39 is 11.4 Å². The molecule has 0 bridgehead atoms. The van der Waals surface area contributed by atoms with E-state index in [-0.39, 0.29) is 18.5 Å². The Labute approximate surface area is 242 Å². The highest BCUT2D eigenvalue weighted by molar-refractivity contribution is 5.95. The van der Waals surface area contributed by atoms with Gasteiger partial charge in [0.15, 0.2) is 0 Å². The molecule has 1 aliphatic heterocycles. The molecule has 0 spiro atoms. The minimum absolute atomic E-state index is 0.0573. The van der Waals surface area contributed by atoms with Crippen molar-refractivity contribution in [2.45, 2.75) is 39.0 Å². The monoisotopic (exact) mass is 562 g/mol. The lowest BCUT2D eigenvalue weighted by molar-refractivity contribution is 0.0735. The number of nitrogens with zero attached hydrogens (tertiary/aromatic N) is 3. The van der Waals surface area contributed by atoms with Crippen LogP contribution >= 0.6 is 0 Å². The topological polar surface area (TPSA) is 110 Å². The normalized spacial score (nSPS) is 14.7. The Morgan fingerprint density at radius 3 is 2.55 bits per heavy atom. The number of nitrogens with one attached hydrogen (secondary N) is 1. The number of H-pyrrole nitrogens is 1. The van der Waals surface area contributed by atoms with Gasteiger partial charge in [-0.05, 0) is 95.6 Å². The third kappa shape index (κ3) is 5.81. The van der Waals surface area contributed by atoms with Crippen LogP contribution in [0.4, 0.5) is 0 Å². The molecule has 1 saturated heterocycles. The van der Waals surface area contributed by atoms with E-state index in [0.29, 0.717) is 17.9 Å². The number of likely N-dealkylation sites (tertiary alicyclic amines) is 1. The van der Waals surface area contributed by atoms with Crippen LogP contribution in [-0.4, -0.2) is 32.1 Å². The summed E-state index contributed by atoms with van der Waals surface area (Å²) in [6, 6.07) is 25.4. The Balaban J connectivity index is 1.12. The summed E-state index contributed by atoms with van der Waals surface area (Å²) in [6.07, 6.45) is 5.51. The lowest BCUT2D eigenvalue weighted by atomic mass is 9.96. The molecule has 42 heavy (non-hydrogen) atoms. The number of carbonyl (C=O) groups is 1. The fourth-order valence-electron chi connectivity index (χ4n) is 5.50. The van der Waals surface area contributed by atoms with Crippen LogP contribution in [0, 0.1) is 6.92 Å². The van der Waals surface area contributed by atoms with Gasteiger partial charge in [-0.15, -0.1) is 4.74 Å². The van der Waals surface area contributed by atoms with Gasteiger partial charge >= 0.3 is 11.4 Å². The van der Waals surface area contributed by atoms with E-state index in [4.69, 9.17) is 9.26 Å². The summed E-state index contributed by atoms with van der Waals surface area (Å²) >= 11 is 0. The Morgan fingerprint density at radius 1 is 1.00 bits per heavy atom. The van der Waals surface area contributed by atoms with Crippen LogP contribution in [-0.2, 0) is 13.2 Å². The first-order valence-corrected chi connectivity index (χ1v) is 13.9. The van der Waals surface area contributed by atoms with Gasteiger partial charge in [0, 0.05) is 24.5 Å². The third-order valence-corrected chi connectivity index (χ3v) is 7.60. The predicted octanol–water partition coefficient (Wildman–Crippen LogP) is 5.10. The summed E-state index contributed by atoms with van der Waals surface area (Å²) in [6.45, 7) is 3.31. The van der Waals surface area contributed by atoms with Gasteiger partial charge in [0.05, 0.1) is 12.6 Å². The van der Waals surface area contributed by atoms with E-state index in [1.165, 1.54) is 0 Å². The van der Waals surface area contributed by atoms with Gasteiger partial charge in [-0.1, -0.05) is 36.4 Å². The van der Waals surface area contributed by atoms with Gasteiger partial charge in [0.25, 0.3) is 5.91 Å². The summed E-state index contributed by atoms with van der Waals surface area (Å²) < 4.78 is 11.8. The number of aromatic amines is 1. The number of ether oxygens (including phenoxy) is 1. The number of benzene rings is 3. The highest BCUT2D eigenvalue weighted by Crippen LogP contribution is 2.34. The molecule has 1 unspecified atom stereocenters. The summed E-state index contributed by atoms with van der Waals surface area (Å²) in [5.41, 5.74) is 6.20. The van der Waals surface area contributed by atoms with Crippen LogP contribution in [0.2, 0.25) is 0 Å². The number of pyridine rings is 1. The molecule has 1 atom stereocenters. The molecule has 1 N–H and O–H groups in total. The van der Waals surface area contributed by atoms with E-state index in [0.717, 1.165) is 57.5 Å². The van der Waals surface area contributed by atoms with Gasteiger partial charge < -0.3 is 14.2 Å². The van der Waals surface area contributed by atoms with Crippen molar-refractivity contribution in [1.82, 2.24) is 19.6 Å². The lowest BCUT2D eigenvalue weighted by Gasteiger charge is -2.25. The summed E-state index contributed by atoms with van der Waals surface area (Å²) in [4.78, 5) is 44.5. The van der Waals surface area contributed by atoms with Crippen LogP contribution in [0.5, 0.6) is 5.75 Å². The van der Waals surface area contributed by atoms with Crippen molar-refractivity contribution in [3.63, 3.8) is 0 Å². The van der Waals surface area contributed by atoms with Crippen molar-refractivity contribution < 1.29 is 14.1 Å². The van der Waals surface area contributed by atoms with Crippen molar-refractivity contribution in [1.29, 1.82) is 0 Å². The quantitative estimate of drug-likeness (QED) is 0.282. The zero-order valence-corrected chi connectivity index (χ0v) is 23.2. The molecule has 9 heteroatoms. The Morgan fingerprint density at radius 2 is 1.81 bits per heavy atom. The molecule has 1 aliphatic rings. The number of rotatable bonds is 8. The van der Waals surface area contributed by atoms with Crippen LogP contribution in [0.25, 0.3) is 11.1 Å². The standard InChI is InChI=1S/C33H30N4O5/c1-22-18-27(31(38)36-17-3-6-30(36)25-13-15-34-16-14-25)9-12-29(22)26-5-2-4-24(19-26)21-41-28-10-7-23(8-11-28)20-37-32(39)35-33(40)42-37/h2,4-5,7-16,18-19,30H,3,6,17,20-21H2,1H3,(H,35,39,40). The van der Waals surface area contributed by atoms with Crippen molar-refractivity contribution in [2.75, 3.05) is 6.54 Å². The van der Waals surface area contributed by atoms with E-state index in [1.54, 1.807) is 12.4 Å². The van der Waals surface area contributed by atoms with Crippen LogP contribution in [0.3, 0.4) is 0 Å². The highest BCUT2D eigenvalue weighted by atomic mass is 16.5. The predicted molar refractivity (Wildman–Crippen MR) is 157 cm³/mol. The van der Waals surface area contributed by atoms with E-state index in [1.807, 2.05) is 78.6 Å². The van der Waals surface area contributed by atoms with Gasteiger partial charge in [-0.25, -0.2) is 14.6 Å². The van der Waals surface area contributed by atoms with Crippen molar-refractivity contribution in [3.8, 4) is 16.9 Å². The number of aryl methyl sites for hydroxylation is 1. The molecule has 0 saturated carbocycles. The number of amides is 1. The molecule has 5 aromatic rings. The smallest absolute Gasteiger partial charge is 0.440 e. The van der Waals surface area contributed by atoms with E-state index >= 15 is 0 Å². The first kappa shape index (κ1) is 27.0. The second-order valence-electron chi connectivity index (χ2n) is 10.4. The zero-order chi connectivity index (χ0) is 29.1. The maximum absolute atomic E-state index is 13.5. The van der Waals surface area contributed by atoms with E-state index in [9.17, 15) is 14.4 Å².